The highest BCUT2D eigenvalue weighted by atomic mass is 35.5. The Morgan fingerprint density at radius 2 is 1.96 bits per heavy atom. The van der Waals surface area contributed by atoms with Crippen molar-refractivity contribution in [2.75, 3.05) is 4.90 Å². The zero-order valence-electron chi connectivity index (χ0n) is 12.5. The van der Waals surface area contributed by atoms with Gasteiger partial charge in [0.05, 0.1) is 10.6 Å². The van der Waals surface area contributed by atoms with Gasteiger partial charge in [-0.3, -0.25) is 14.9 Å². The van der Waals surface area contributed by atoms with Crippen LogP contribution in [0.5, 0.6) is 5.75 Å². The molecule has 25 heavy (non-hydrogen) atoms. The molecule has 2 aromatic carbocycles. The van der Waals surface area contributed by atoms with Gasteiger partial charge in [-0.25, -0.2) is 9.69 Å². The molecular formula is C16H10ClN3O5. The number of aromatic hydroxyl groups is 1. The van der Waals surface area contributed by atoms with Crippen molar-refractivity contribution < 1.29 is 19.6 Å². The van der Waals surface area contributed by atoms with Gasteiger partial charge in [-0.05, 0) is 35.9 Å². The number of halogens is 1. The van der Waals surface area contributed by atoms with E-state index in [-0.39, 0.29) is 11.3 Å². The molecular weight excluding hydrogens is 350 g/mol. The first kappa shape index (κ1) is 16.5. The zero-order chi connectivity index (χ0) is 18.1. The molecule has 2 N–H and O–H groups in total. The first-order chi connectivity index (χ1) is 11.9. The van der Waals surface area contributed by atoms with Gasteiger partial charge < -0.3 is 10.4 Å². The molecule has 3 amide bonds. The van der Waals surface area contributed by atoms with Crippen LogP contribution in [0, 0.1) is 10.1 Å². The number of benzene rings is 2. The van der Waals surface area contributed by atoms with Crippen LogP contribution in [0.15, 0.2) is 48.2 Å². The van der Waals surface area contributed by atoms with Gasteiger partial charge in [0.2, 0.25) is 0 Å². The summed E-state index contributed by atoms with van der Waals surface area (Å²) in [5.74, 6) is -1.11. The zero-order valence-corrected chi connectivity index (χ0v) is 13.2. The van der Waals surface area contributed by atoms with Gasteiger partial charge in [-0.2, -0.15) is 0 Å². The topological polar surface area (TPSA) is 113 Å². The van der Waals surface area contributed by atoms with Crippen LogP contribution in [0.1, 0.15) is 5.56 Å². The monoisotopic (exact) mass is 359 g/mol. The largest absolute Gasteiger partial charge is 0.502 e. The summed E-state index contributed by atoms with van der Waals surface area (Å²) in [6.45, 7) is 0. The van der Waals surface area contributed by atoms with E-state index in [4.69, 9.17) is 11.6 Å². The summed E-state index contributed by atoms with van der Waals surface area (Å²) in [6.07, 6.45) is 1.29. The molecule has 1 fully saturated rings. The summed E-state index contributed by atoms with van der Waals surface area (Å²) in [6, 6.07) is 9.19. The van der Waals surface area contributed by atoms with Crippen LogP contribution in [0.3, 0.4) is 0 Å². The minimum atomic E-state index is -0.745. The Morgan fingerprint density at radius 3 is 2.64 bits per heavy atom. The standard InChI is InChI=1S/C16H10ClN3O5/c17-10-2-1-3-11(8-10)19-15(22)12(18-16(19)23)6-9-4-5-14(21)13(7-9)20(24)25/h1-8,21H,(H,18,23)/b12-6+. The van der Waals surface area contributed by atoms with Gasteiger partial charge in [-0.1, -0.05) is 23.7 Å². The molecule has 0 radical (unpaired) electrons. The first-order valence-electron chi connectivity index (χ1n) is 6.97. The van der Waals surface area contributed by atoms with Crippen molar-refractivity contribution in [2.45, 2.75) is 0 Å². The van der Waals surface area contributed by atoms with E-state index < -0.39 is 28.3 Å². The number of phenols is 1. The van der Waals surface area contributed by atoms with Crippen LogP contribution in [0.4, 0.5) is 16.2 Å². The molecule has 0 saturated carbocycles. The van der Waals surface area contributed by atoms with Gasteiger partial charge in [-0.15, -0.1) is 0 Å². The average Bonchev–Trinajstić information content (AvgIpc) is 2.83. The molecule has 0 spiro atoms. The molecule has 0 atom stereocenters. The highest BCUT2D eigenvalue weighted by Crippen LogP contribution is 2.29. The lowest BCUT2D eigenvalue weighted by Gasteiger charge is -2.11. The van der Waals surface area contributed by atoms with Crippen molar-refractivity contribution in [1.82, 2.24) is 5.32 Å². The third kappa shape index (κ3) is 3.15. The lowest BCUT2D eigenvalue weighted by molar-refractivity contribution is -0.385. The molecule has 1 saturated heterocycles. The van der Waals surface area contributed by atoms with Crippen LogP contribution in [-0.4, -0.2) is 22.0 Å². The van der Waals surface area contributed by atoms with E-state index >= 15 is 0 Å². The first-order valence-corrected chi connectivity index (χ1v) is 7.35. The number of amides is 3. The van der Waals surface area contributed by atoms with Gasteiger partial charge >= 0.3 is 11.7 Å². The third-order valence-electron chi connectivity index (χ3n) is 3.45. The summed E-state index contributed by atoms with van der Waals surface area (Å²) in [7, 11) is 0. The van der Waals surface area contributed by atoms with Crippen molar-refractivity contribution in [3.05, 3.63) is 68.9 Å². The van der Waals surface area contributed by atoms with E-state index in [9.17, 15) is 24.8 Å². The molecule has 0 aliphatic carbocycles. The molecule has 126 valence electrons. The Bertz CT molecular complexity index is 941. The third-order valence-corrected chi connectivity index (χ3v) is 3.69. The number of carbonyl (C=O) groups is 2. The number of rotatable bonds is 3. The fourth-order valence-corrected chi connectivity index (χ4v) is 2.51. The van der Waals surface area contributed by atoms with Crippen LogP contribution < -0.4 is 10.2 Å². The number of carbonyl (C=O) groups excluding carboxylic acids is 2. The molecule has 0 unspecified atom stereocenters. The number of anilines is 1. The number of hydrogen-bond donors (Lipinski definition) is 2. The number of nitro benzene ring substituents is 1. The van der Waals surface area contributed by atoms with Gasteiger partial charge in [0, 0.05) is 11.1 Å². The van der Waals surface area contributed by atoms with Crippen LogP contribution in [0.2, 0.25) is 5.02 Å². The van der Waals surface area contributed by atoms with E-state index in [1.54, 1.807) is 18.2 Å². The minimum absolute atomic E-state index is 0.0510. The second kappa shape index (κ2) is 6.25. The summed E-state index contributed by atoms with van der Waals surface area (Å²) < 4.78 is 0. The molecule has 2 aromatic rings. The van der Waals surface area contributed by atoms with Crippen molar-refractivity contribution in [3.63, 3.8) is 0 Å². The summed E-state index contributed by atoms with van der Waals surface area (Å²) in [5.41, 5.74) is 0.0268. The normalized spacial score (nSPS) is 15.6. The van der Waals surface area contributed by atoms with Crippen molar-refractivity contribution in [1.29, 1.82) is 0 Å². The Balaban J connectivity index is 1.96. The number of imide groups is 1. The Hall–Kier alpha value is -3.39. The average molecular weight is 360 g/mol. The number of phenolic OH excluding ortho intramolecular Hbond substituents is 1. The molecule has 9 heteroatoms. The highest BCUT2D eigenvalue weighted by molar-refractivity contribution is 6.32. The number of nitrogens with zero attached hydrogens (tertiary/aromatic N) is 2. The smallest absolute Gasteiger partial charge is 0.333 e. The predicted molar refractivity (Wildman–Crippen MR) is 90.2 cm³/mol. The highest BCUT2D eigenvalue weighted by Gasteiger charge is 2.35. The SMILES string of the molecule is O=C1N/C(=C/c2ccc(O)c([N+](=O)[O-])c2)C(=O)N1c1cccc(Cl)c1. The predicted octanol–water partition coefficient (Wildman–Crippen LogP) is 3.05. The number of nitro groups is 1. The second-order valence-corrected chi connectivity index (χ2v) is 5.55. The number of urea groups is 1. The second-order valence-electron chi connectivity index (χ2n) is 5.11. The molecule has 1 heterocycles. The van der Waals surface area contributed by atoms with Crippen LogP contribution >= 0.6 is 11.6 Å². The number of hydrogen-bond acceptors (Lipinski definition) is 5. The maximum Gasteiger partial charge on any atom is 0.333 e. The molecule has 0 bridgehead atoms. The van der Waals surface area contributed by atoms with Gasteiger partial charge in [0.25, 0.3) is 5.91 Å². The molecule has 8 nitrogen and oxygen atoms in total. The summed E-state index contributed by atoms with van der Waals surface area (Å²) >= 11 is 5.87. The molecule has 0 aromatic heterocycles. The van der Waals surface area contributed by atoms with Gasteiger partial charge in [0.15, 0.2) is 5.75 Å². The molecule has 1 aliphatic rings. The van der Waals surface area contributed by atoms with E-state index in [1.165, 1.54) is 18.2 Å². The van der Waals surface area contributed by atoms with Crippen molar-refractivity contribution >= 4 is 41.0 Å². The summed E-state index contributed by atoms with van der Waals surface area (Å²) in [5, 5.41) is 23.1. The van der Waals surface area contributed by atoms with Gasteiger partial charge in [0.1, 0.15) is 5.70 Å². The maximum absolute atomic E-state index is 12.5. The maximum atomic E-state index is 12.5. The fourth-order valence-electron chi connectivity index (χ4n) is 2.33. The fraction of sp³-hybridized carbons (Fsp3) is 0. The Kier molecular flexibility index (Phi) is 4.12. The van der Waals surface area contributed by atoms with E-state index in [0.717, 1.165) is 17.0 Å². The van der Waals surface area contributed by atoms with Crippen LogP contribution in [-0.2, 0) is 4.79 Å². The number of nitrogens with one attached hydrogen (secondary N) is 1. The van der Waals surface area contributed by atoms with Crippen LogP contribution in [0.25, 0.3) is 6.08 Å². The minimum Gasteiger partial charge on any atom is -0.502 e. The Labute approximate surface area is 146 Å². The van der Waals surface area contributed by atoms with E-state index in [2.05, 4.69) is 5.32 Å². The quantitative estimate of drug-likeness (QED) is 0.378. The van der Waals surface area contributed by atoms with Crippen molar-refractivity contribution in [3.8, 4) is 5.75 Å². The molecule has 3 rings (SSSR count). The lowest BCUT2D eigenvalue weighted by Crippen LogP contribution is -2.30. The van der Waals surface area contributed by atoms with Crippen molar-refractivity contribution in [2.24, 2.45) is 0 Å². The van der Waals surface area contributed by atoms with E-state index in [1.807, 2.05) is 0 Å². The Morgan fingerprint density at radius 1 is 1.20 bits per heavy atom. The molecule has 1 aliphatic heterocycles. The summed E-state index contributed by atoms with van der Waals surface area (Å²) in [4.78, 5) is 35.6. The van der Waals surface area contributed by atoms with E-state index in [0.29, 0.717) is 10.7 Å². The lowest BCUT2D eigenvalue weighted by atomic mass is 10.1.